The maximum atomic E-state index is 12.8. The van der Waals surface area contributed by atoms with Gasteiger partial charge >= 0.3 is 12.2 Å². The summed E-state index contributed by atoms with van der Waals surface area (Å²) in [6, 6.07) is 2.91. The fourth-order valence-corrected chi connectivity index (χ4v) is 2.56. The zero-order valence-electron chi connectivity index (χ0n) is 14.3. The summed E-state index contributed by atoms with van der Waals surface area (Å²) in [5.74, 6) is -2.18. The van der Waals surface area contributed by atoms with Crippen molar-refractivity contribution in [3.05, 3.63) is 50.9 Å². The van der Waals surface area contributed by atoms with Crippen molar-refractivity contribution in [1.82, 2.24) is 15.3 Å². The first-order valence-electron chi connectivity index (χ1n) is 7.85. The van der Waals surface area contributed by atoms with Gasteiger partial charge in [0.05, 0.1) is 17.2 Å². The van der Waals surface area contributed by atoms with Crippen LogP contribution in [0.25, 0.3) is 5.57 Å². The molecule has 0 bridgehead atoms. The molecule has 2 heterocycles. The van der Waals surface area contributed by atoms with Gasteiger partial charge in [0.15, 0.2) is 5.49 Å². The predicted octanol–water partition coefficient (Wildman–Crippen LogP) is -0.572. The lowest BCUT2D eigenvalue weighted by molar-refractivity contribution is -0.137. The lowest BCUT2D eigenvalue weighted by atomic mass is 10.1. The second-order valence-corrected chi connectivity index (χ2v) is 5.80. The molecule has 1 aromatic carbocycles. The molecule has 29 heavy (non-hydrogen) atoms. The van der Waals surface area contributed by atoms with Crippen LogP contribution in [0.3, 0.4) is 0 Å². The minimum atomic E-state index is -4.58. The number of alkyl halides is 3. The number of aromatic amines is 1. The third-order valence-corrected chi connectivity index (χ3v) is 3.72. The van der Waals surface area contributed by atoms with E-state index in [0.717, 1.165) is 18.2 Å². The summed E-state index contributed by atoms with van der Waals surface area (Å²) >= 11 is 0. The highest BCUT2D eigenvalue weighted by atomic mass is 19.4. The Morgan fingerprint density at radius 2 is 1.93 bits per heavy atom. The molecule has 1 aliphatic heterocycles. The number of urea groups is 1. The van der Waals surface area contributed by atoms with Crippen LogP contribution in [-0.4, -0.2) is 27.8 Å². The molecule has 0 unspecified atom stereocenters. The van der Waals surface area contributed by atoms with Crippen molar-refractivity contribution in [3.63, 3.8) is 0 Å². The highest BCUT2D eigenvalue weighted by molar-refractivity contribution is 6.21. The summed E-state index contributed by atoms with van der Waals surface area (Å²) in [6.07, 6.45) is -5.13. The number of H-pyrrole nitrogens is 1. The van der Waals surface area contributed by atoms with Crippen molar-refractivity contribution in [2.45, 2.75) is 12.6 Å². The third kappa shape index (κ3) is 4.28. The molecule has 5 N–H and O–H groups in total. The van der Waals surface area contributed by atoms with Crippen LogP contribution in [0.15, 0.2) is 34.1 Å². The number of carbonyl (C=O) groups excluding carboxylic acids is 3. The Kier molecular flexibility index (Phi) is 4.88. The molecule has 0 saturated carbocycles. The summed E-state index contributed by atoms with van der Waals surface area (Å²) in [7, 11) is 0. The summed E-state index contributed by atoms with van der Waals surface area (Å²) in [5, 5.41) is 3.87. The Balaban J connectivity index is 2.08. The van der Waals surface area contributed by atoms with Crippen molar-refractivity contribution < 1.29 is 27.6 Å². The molecule has 0 radical (unpaired) electrons. The van der Waals surface area contributed by atoms with Crippen molar-refractivity contribution in [2.24, 2.45) is 10.7 Å². The molecule has 0 fully saturated rings. The van der Waals surface area contributed by atoms with Gasteiger partial charge < -0.3 is 11.1 Å². The van der Waals surface area contributed by atoms with Gasteiger partial charge in [-0.15, -0.1) is 0 Å². The highest BCUT2D eigenvalue weighted by Gasteiger charge is 2.30. The van der Waals surface area contributed by atoms with E-state index >= 15 is 0 Å². The van der Waals surface area contributed by atoms with Crippen molar-refractivity contribution in [1.29, 1.82) is 0 Å². The van der Waals surface area contributed by atoms with Gasteiger partial charge in [0.1, 0.15) is 0 Å². The summed E-state index contributed by atoms with van der Waals surface area (Å²) in [6.45, 7) is 0. The van der Waals surface area contributed by atoms with E-state index in [4.69, 9.17) is 5.73 Å². The van der Waals surface area contributed by atoms with Gasteiger partial charge in [0.25, 0.3) is 17.4 Å². The third-order valence-electron chi connectivity index (χ3n) is 3.72. The molecule has 150 valence electrons. The number of imide groups is 1. The standard InChI is InChI=1S/C16H11F3N6O4/c17-16(18,19)6-2-1-3-7(4-6)21-15-23-11-10(13(28)25-15)8(5-9(26)22-11)12(27)24-14(20)29/h1-4H,5H2,(H3,20,24,27,29)(H2,21,22,23,25,26,28). The first-order valence-corrected chi connectivity index (χ1v) is 7.85. The molecule has 10 nitrogen and oxygen atoms in total. The summed E-state index contributed by atoms with van der Waals surface area (Å²) in [5.41, 5.74) is 2.21. The number of hydrogen-bond acceptors (Lipinski definition) is 6. The van der Waals surface area contributed by atoms with Crippen LogP contribution in [0.1, 0.15) is 12.0 Å². The number of benzene rings is 1. The van der Waals surface area contributed by atoms with Crippen LogP contribution in [-0.2, 0) is 15.8 Å². The van der Waals surface area contributed by atoms with Crippen LogP contribution in [0.5, 0.6) is 0 Å². The topological polar surface area (TPSA) is 159 Å². The minimum Gasteiger partial charge on any atom is -0.351 e. The first-order chi connectivity index (χ1) is 13.5. The number of carbonyl (C=O) groups is 3. The number of nitrogens with zero attached hydrogens (tertiary/aromatic N) is 2. The minimum absolute atomic E-state index is 0.0410. The number of amides is 4. The Labute approximate surface area is 158 Å². The maximum Gasteiger partial charge on any atom is 0.416 e. The lowest BCUT2D eigenvalue weighted by Crippen LogP contribution is -2.51. The van der Waals surface area contributed by atoms with Crippen molar-refractivity contribution in [2.75, 3.05) is 5.32 Å². The quantitative estimate of drug-likeness (QED) is 0.532. The Morgan fingerprint density at radius 1 is 1.21 bits per heavy atom. The molecule has 0 atom stereocenters. The number of nitrogens with two attached hydrogens (primary N) is 1. The number of halogens is 3. The predicted molar refractivity (Wildman–Crippen MR) is 91.1 cm³/mol. The zero-order valence-corrected chi connectivity index (χ0v) is 14.3. The highest BCUT2D eigenvalue weighted by Crippen LogP contribution is 2.30. The Bertz CT molecular complexity index is 1220. The van der Waals surface area contributed by atoms with E-state index in [0.29, 0.717) is 0 Å². The van der Waals surface area contributed by atoms with E-state index in [1.165, 1.54) is 6.07 Å². The molecular weight excluding hydrogens is 397 g/mol. The monoisotopic (exact) mass is 408 g/mol. The largest absolute Gasteiger partial charge is 0.416 e. The molecule has 2 aromatic rings. The van der Waals surface area contributed by atoms with E-state index in [2.05, 4.69) is 20.3 Å². The Morgan fingerprint density at radius 3 is 2.59 bits per heavy atom. The zero-order chi connectivity index (χ0) is 21.3. The molecular formula is C16H11F3N6O4. The van der Waals surface area contributed by atoms with Crippen molar-refractivity contribution >= 4 is 35.1 Å². The van der Waals surface area contributed by atoms with E-state index < -0.39 is 47.1 Å². The number of primary amides is 1. The molecule has 0 aliphatic carbocycles. The van der Waals surface area contributed by atoms with Gasteiger partial charge in [-0.05, 0) is 18.2 Å². The van der Waals surface area contributed by atoms with Crippen LogP contribution in [0, 0.1) is 0 Å². The average Bonchev–Trinajstić information content (AvgIpc) is 2.59. The number of fused-ring (bicyclic) bond motifs is 1. The fraction of sp³-hybridized carbons (Fsp3) is 0.125. The van der Waals surface area contributed by atoms with Gasteiger partial charge in [-0.1, -0.05) is 6.07 Å². The van der Waals surface area contributed by atoms with Gasteiger partial charge in [-0.25, -0.2) is 4.79 Å². The normalized spacial score (nSPS) is 13.3. The van der Waals surface area contributed by atoms with Gasteiger partial charge in [0, 0.05) is 11.3 Å². The smallest absolute Gasteiger partial charge is 0.351 e. The average molecular weight is 408 g/mol. The molecule has 3 rings (SSSR count). The van der Waals surface area contributed by atoms with Gasteiger partial charge in [0.2, 0.25) is 5.95 Å². The maximum absolute atomic E-state index is 12.8. The number of anilines is 2. The van der Waals surface area contributed by atoms with Crippen LogP contribution in [0.2, 0.25) is 0 Å². The number of nitrogens with one attached hydrogen (secondary N) is 3. The molecule has 1 aliphatic rings. The second-order valence-electron chi connectivity index (χ2n) is 5.80. The van der Waals surface area contributed by atoms with E-state index in [1.807, 2.05) is 0 Å². The molecule has 4 amide bonds. The fourth-order valence-electron chi connectivity index (χ4n) is 2.56. The van der Waals surface area contributed by atoms with Crippen LogP contribution in [0.4, 0.5) is 29.6 Å². The van der Waals surface area contributed by atoms with Crippen LogP contribution >= 0.6 is 0 Å². The second kappa shape index (κ2) is 7.18. The summed E-state index contributed by atoms with van der Waals surface area (Å²) < 4.78 is 38.5. The number of rotatable bonds is 3. The van der Waals surface area contributed by atoms with E-state index in [9.17, 15) is 32.3 Å². The lowest BCUT2D eigenvalue weighted by Gasteiger charge is -2.11. The summed E-state index contributed by atoms with van der Waals surface area (Å²) in [4.78, 5) is 56.8. The van der Waals surface area contributed by atoms with Crippen molar-refractivity contribution in [3.8, 4) is 0 Å². The molecule has 13 heteroatoms. The molecule has 0 spiro atoms. The van der Waals surface area contributed by atoms with Gasteiger partial charge in [-0.3, -0.25) is 24.7 Å². The van der Waals surface area contributed by atoms with Crippen LogP contribution < -0.4 is 32.6 Å². The molecule has 0 saturated heterocycles. The Hall–Kier alpha value is -4.03. The number of hydrogen-bond donors (Lipinski definition) is 4. The van der Waals surface area contributed by atoms with Gasteiger partial charge in [-0.2, -0.15) is 23.1 Å². The SMILES string of the molecule is NC(=O)NC(=O)C1=c2c(nc(Nc3cccc(C(F)(F)F)c3)[nH]c2=O)=NC(=O)C1. The van der Waals surface area contributed by atoms with E-state index in [-0.39, 0.29) is 22.4 Å². The number of aromatic nitrogens is 2. The molecule has 1 aromatic heterocycles. The van der Waals surface area contributed by atoms with E-state index in [1.54, 1.807) is 5.32 Å². The first kappa shape index (κ1) is 19.7.